The maximum absolute atomic E-state index is 11.3. The van der Waals surface area contributed by atoms with Crippen molar-refractivity contribution in [2.24, 2.45) is 0 Å². The molecule has 4 heteroatoms. The predicted octanol–water partition coefficient (Wildman–Crippen LogP) is 2.00. The van der Waals surface area contributed by atoms with E-state index in [0.29, 0.717) is 17.8 Å². The molecule has 0 aliphatic rings. The van der Waals surface area contributed by atoms with Gasteiger partial charge in [-0.3, -0.25) is 0 Å². The second kappa shape index (κ2) is 3.49. The Morgan fingerprint density at radius 3 is 3.21 bits per heavy atom. The van der Waals surface area contributed by atoms with Crippen LogP contribution in [-0.4, -0.2) is 17.7 Å². The Morgan fingerprint density at radius 2 is 2.43 bits per heavy atom. The molecular formula is C10H9NO3. The zero-order chi connectivity index (χ0) is 9.97. The van der Waals surface area contributed by atoms with Crippen LogP contribution in [0.15, 0.2) is 28.9 Å². The number of nitrogens with zero attached hydrogens (tertiary/aromatic N) is 1. The highest BCUT2D eigenvalue weighted by Crippen LogP contribution is 2.15. The van der Waals surface area contributed by atoms with Gasteiger partial charge in [0.1, 0.15) is 0 Å². The summed E-state index contributed by atoms with van der Waals surface area (Å²) in [6.07, 6.45) is 1.60. The molecule has 0 saturated heterocycles. The average Bonchev–Trinajstić information content (AvgIpc) is 2.64. The fourth-order valence-electron chi connectivity index (χ4n) is 1.20. The normalized spacial score (nSPS) is 10.4. The summed E-state index contributed by atoms with van der Waals surface area (Å²) in [6.45, 7) is 2.14. The lowest BCUT2D eigenvalue weighted by atomic mass is 10.2. The fourth-order valence-corrected chi connectivity index (χ4v) is 1.20. The first-order chi connectivity index (χ1) is 6.81. The van der Waals surface area contributed by atoms with E-state index in [-0.39, 0.29) is 5.97 Å². The van der Waals surface area contributed by atoms with E-state index in [1.165, 1.54) is 0 Å². The fraction of sp³-hybridized carbons (Fsp3) is 0.200. The first-order valence-corrected chi connectivity index (χ1v) is 4.33. The van der Waals surface area contributed by atoms with Crippen LogP contribution < -0.4 is 0 Å². The molecule has 0 spiro atoms. The molecule has 0 atom stereocenters. The monoisotopic (exact) mass is 191 g/mol. The number of hydrogen-bond acceptors (Lipinski definition) is 4. The molecule has 2 rings (SSSR count). The third-order valence-electron chi connectivity index (χ3n) is 1.87. The summed E-state index contributed by atoms with van der Waals surface area (Å²) in [7, 11) is 0. The Morgan fingerprint density at radius 1 is 1.57 bits per heavy atom. The van der Waals surface area contributed by atoms with Crippen LogP contribution in [-0.2, 0) is 4.74 Å². The van der Waals surface area contributed by atoms with Crippen molar-refractivity contribution in [1.29, 1.82) is 0 Å². The predicted molar refractivity (Wildman–Crippen MR) is 50.0 cm³/mol. The molecule has 0 unspecified atom stereocenters. The molecule has 0 radical (unpaired) electrons. The third-order valence-corrected chi connectivity index (χ3v) is 1.87. The van der Waals surface area contributed by atoms with Gasteiger partial charge in [0.15, 0.2) is 5.58 Å². The van der Waals surface area contributed by atoms with Crippen molar-refractivity contribution in [3.8, 4) is 0 Å². The first kappa shape index (κ1) is 8.74. The highest BCUT2D eigenvalue weighted by Gasteiger charge is 2.08. The molecule has 1 aromatic carbocycles. The van der Waals surface area contributed by atoms with Crippen LogP contribution in [0.4, 0.5) is 0 Å². The zero-order valence-corrected chi connectivity index (χ0v) is 7.69. The van der Waals surface area contributed by atoms with E-state index in [4.69, 9.17) is 9.26 Å². The number of carbonyl (C=O) groups is 1. The SMILES string of the molecule is CCOC(=O)c1ccc2cnoc2c1. The van der Waals surface area contributed by atoms with Crippen LogP contribution in [0.2, 0.25) is 0 Å². The summed E-state index contributed by atoms with van der Waals surface area (Å²) in [4.78, 5) is 11.3. The Hall–Kier alpha value is -1.84. The second-order valence-corrected chi connectivity index (χ2v) is 2.80. The molecule has 0 saturated carbocycles. The molecule has 1 heterocycles. The lowest BCUT2D eigenvalue weighted by Gasteiger charge is -1.99. The van der Waals surface area contributed by atoms with E-state index in [1.807, 2.05) is 0 Å². The van der Waals surface area contributed by atoms with E-state index in [2.05, 4.69) is 5.16 Å². The maximum atomic E-state index is 11.3. The van der Waals surface area contributed by atoms with Crippen LogP contribution in [0.1, 0.15) is 17.3 Å². The minimum Gasteiger partial charge on any atom is -0.462 e. The van der Waals surface area contributed by atoms with Crippen molar-refractivity contribution >= 4 is 16.9 Å². The highest BCUT2D eigenvalue weighted by molar-refractivity contribution is 5.93. The summed E-state index contributed by atoms with van der Waals surface area (Å²) >= 11 is 0. The van der Waals surface area contributed by atoms with Gasteiger partial charge in [-0.1, -0.05) is 5.16 Å². The highest BCUT2D eigenvalue weighted by atomic mass is 16.5. The quantitative estimate of drug-likeness (QED) is 0.681. The number of aromatic nitrogens is 1. The number of hydrogen-bond donors (Lipinski definition) is 0. The molecule has 1 aromatic heterocycles. The lowest BCUT2D eigenvalue weighted by molar-refractivity contribution is 0.0526. The van der Waals surface area contributed by atoms with Gasteiger partial charge in [0.05, 0.1) is 18.4 Å². The van der Waals surface area contributed by atoms with Gasteiger partial charge in [0, 0.05) is 5.39 Å². The number of fused-ring (bicyclic) bond motifs is 1. The van der Waals surface area contributed by atoms with Gasteiger partial charge in [-0.2, -0.15) is 0 Å². The van der Waals surface area contributed by atoms with Gasteiger partial charge in [-0.15, -0.1) is 0 Å². The standard InChI is InChI=1S/C10H9NO3/c1-2-13-10(12)7-3-4-8-6-11-14-9(8)5-7/h3-6H,2H2,1H3. The van der Waals surface area contributed by atoms with Gasteiger partial charge in [0.2, 0.25) is 0 Å². The Kier molecular flexibility index (Phi) is 2.18. The van der Waals surface area contributed by atoms with Crippen molar-refractivity contribution in [2.75, 3.05) is 6.61 Å². The van der Waals surface area contributed by atoms with Gasteiger partial charge in [0.25, 0.3) is 0 Å². The Labute approximate surface area is 80.4 Å². The van der Waals surface area contributed by atoms with Crippen molar-refractivity contribution in [3.63, 3.8) is 0 Å². The van der Waals surface area contributed by atoms with E-state index < -0.39 is 0 Å². The first-order valence-electron chi connectivity index (χ1n) is 4.33. The second-order valence-electron chi connectivity index (χ2n) is 2.80. The maximum Gasteiger partial charge on any atom is 0.338 e. The molecule has 0 aliphatic heterocycles. The van der Waals surface area contributed by atoms with E-state index in [9.17, 15) is 4.79 Å². The summed E-state index contributed by atoms with van der Waals surface area (Å²) in [5.74, 6) is -0.342. The van der Waals surface area contributed by atoms with Gasteiger partial charge in [-0.25, -0.2) is 4.79 Å². The topological polar surface area (TPSA) is 52.3 Å². The van der Waals surface area contributed by atoms with E-state index >= 15 is 0 Å². The largest absolute Gasteiger partial charge is 0.462 e. The number of esters is 1. The Bertz CT molecular complexity index is 461. The van der Waals surface area contributed by atoms with Gasteiger partial charge < -0.3 is 9.26 Å². The molecular weight excluding hydrogens is 182 g/mol. The summed E-state index contributed by atoms with van der Waals surface area (Å²) in [5.41, 5.74) is 1.08. The summed E-state index contributed by atoms with van der Waals surface area (Å²) in [5, 5.41) is 4.49. The molecule has 0 aliphatic carbocycles. The minimum absolute atomic E-state index is 0.342. The van der Waals surface area contributed by atoms with Crippen LogP contribution in [0.25, 0.3) is 11.0 Å². The van der Waals surface area contributed by atoms with Gasteiger partial charge in [-0.05, 0) is 25.1 Å². The number of carbonyl (C=O) groups excluding carboxylic acids is 1. The molecule has 4 nitrogen and oxygen atoms in total. The van der Waals surface area contributed by atoms with Crippen molar-refractivity contribution in [2.45, 2.75) is 6.92 Å². The third kappa shape index (κ3) is 1.46. The molecule has 0 N–H and O–H groups in total. The molecule has 0 amide bonds. The van der Waals surface area contributed by atoms with Crippen molar-refractivity contribution in [1.82, 2.24) is 5.16 Å². The number of ether oxygens (including phenoxy) is 1. The van der Waals surface area contributed by atoms with Gasteiger partial charge >= 0.3 is 5.97 Å². The zero-order valence-electron chi connectivity index (χ0n) is 7.69. The smallest absolute Gasteiger partial charge is 0.338 e. The average molecular weight is 191 g/mol. The molecule has 0 bridgehead atoms. The van der Waals surface area contributed by atoms with Crippen LogP contribution >= 0.6 is 0 Å². The molecule has 0 fully saturated rings. The number of benzene rings is 1. The van der Waals surface area contributed by atoms with Crippen molar-refractivity contribution in [3.05, 3.63) is 30.0 Å². The number of rotatable bonds is 2. The van der Waals surface area contributed by atoms with Crippen LogP contribution in [0.5, 0.6) is 0 Å². The van der Waals surface area contributed by atoms with Crippen LogP contribution in [0, 0.1) is 0 Å². The Balaban J connectivity index is 2.38. The minimum atomic E-state index is -0.342. The molecule has 2 aromatic rings. The van der Waals surface area contributed by atoms with Crippen LogP contribution in [0.3, 0.4) is 0 Å². The molecule has 14 heavy (non-hydrogen) atoms. The summed E-state index contributed by atoms with van der Waals surface area (Å²) < 4.78 is 9.78. The van der Waals surface area contributed by atoms with Crippen molar-refractivity contribution < 1.29 is 14.1 Å². The lowest BCUT2D eigenvalue weighted by Crippen LogP contribution is -2.03. The molecule has 72 valence electrons. The van der Waals surface area contributed by atoms with E-state index in [1.54, 1.807) is 31.3 Å². The summed E-state index contributed by atoms with van der Waals surface area (Å²) in [6, 6.07) is 5.09. The van der Waals surface area contributed by atoms with E-state index in [0.717, 1.165) is 5.39 Å².